The summed E-state index contributed by atoms with van der Waals surface area (Å²) >= 11 is 5.39. The van der Waals surface area contributed by atoms with Crippen LogP contribution in [0.15, 0.2) is 52.3 Å². The van der Waals surface area contributed by atoms with Crippen LogP contribution >= 0.6 is 23.4 Å². The second-order valence-electron chi connectivity index (χ2n) is 4.88. The molecule has 10 heteroatoms. The fourth-order valence-corrected chi connectivity index (χ4v) is 3.74. The van der Waals surface area contributed by atoms with Crippen LogP contribution in [0.1, 0.15) is 17.3 Å². The van der Waals surface area contributed by atoms with Crippen LogP contribution < -0.4 is 4.72 Å². The van der Waals surface area contributed by atoms with Crippen molar-refractivity contribution in [1.82, 2.24) is 0 Å². The number of carbonyl (C=O) groups is 1. The summed E-state index contributed by atoms with van der Waals surface area (Å²) in [5.74, 6) is -0.207. The van der Waals surface area contributed by atoms with E-state index in [-0.39, 0.29) is 38.0 Å². The fourth-order valence-electron chi connectivity index (χ4n) is 1.85. The molecule has 134 valence electrons. The van der Waals surface area contributed by atoms with E-state index < -0.39 is 15.5 Å². The average molecular weight is 410 g/mol. The van der Waals surface area contributed by atoms with Gasteiger partial charge in [-0.2, -0.15) is 13.2 Å². The highest BCUT2D eigenvalue weighted by Crippen LogP contribution is 2.41. The number of sulfonamides is 1. The topological polar surface area (TPSA) is 63.2 Å². The van der Waals surface area contributed by atoms with Crippen LogP contribution in [0.5, 0.6) is 0 Å². The minimum atomic E-state index is -4.50. The standard InChI is InChI=1S/C15H11ClF3NO3S2/c1-9(21)10-2-5-12(6-3-10)25(22,23)20-11-4-7-14(13(16)8-11)24-15(17,18)19/h2-8,20H,1H3. The van der Waals surface area contributed by atoms with E-state index in [2.05, 4.69) is 4.72 Å². The maximum atomic E-state index is 12.4. The lowest BCUT2D eigenvalue weighted by molar-refractivity contribution is -0.0328. The Bertz CT molecular complexity index is 897. The maximum Gasteiger partial charge on any atom is 0.446 e. The highest BCUT2D eigenvalue weighted by atomic mass is 35.5. The number of anilines is 1. The number of nitrogens with one attached hydrogen (secondary N) is 1. The predicted octanol–water partition coefficient (Wildman–Crippen LogP) is 4.96. The number of hydrogen-bond acceptors (Lipinski definition) is 4. The van der Waals surface area contributed by atoms with Gasteiger partial charge in [-0.3, -0.25) is 9.52 Å². The second-order valence-corrected chi connectivity index (χ2v) is 8.08. The molecule has 0 saturated heterocycles. The van der Waals surface area contributed by atoms with Crippen molar-refractivity contribution in [2.45, 2.75) is 22.2 Å². The van der Waals surface area contributed by atoms with Crippen molar-refractivity contribution in [3.8, 4) is 0 Å². The van der Waals surface area contributed by atoms with E-state index >= 15 is 0 Å². The second kappa shape index (κ2) is 7.27. The predicted molar refractivity (Wildman–Crippen MR) is 90.6 cm³/mol. The zero-order chi connectivity index (χ0) is 18.8. The van der Waals surface area contributed by atoms with E-state index in [1.165, 1.54) is 37.3 Å². The normalized spacial score (nSPS) is 12.0. The molecule has 0 spiro atoms. The minimum absolute atomic E-state index is 0.0205. The average Bonchev–Trinajstić information content (AvgIpc) is 2.48. The number of hydrogen-bond donors (Lipinski definition) is 1. The number of thioether (sulfide) groups is 1. The number of benzene rings is 2. The molecular weight excluding hydrogens is 399 g/mol. The Morgan fingerprint density at radius 1 is 1.12 bits per heavy atom. The van der Waals surface area contributed by atoms with Crippen LogP contribution in [0.25, 0.3) is 0 Å². The molecule has 0 fully saturated rings. The lowest BCUT2D eigenvalue weighted by atomic mass is 10.2. The van der Waals surface area contributed by atoms with E-state index in [4.69, 9.17) is 11.6 Å². The quantitative estimate of drug-likeness (QED) is 0.560. The molecule has 4 nitrogen and oxygen atoms in total. The Balaban J connectivity index is 2.23. The Labute approximate surface area is 151 Å². The number of alkyl halides is 3. The molecule has 0 aromatic heterocycles. The molecule has 0 aliphatic heterocycles. The van der Waals surface area contributed by atoms with Gasteiger partial charge in [0.1, 0.15) is 0 Å². The zero-order valence-electron chi connectivity index (χ0n) is 12.6. The molecule has 1 N–H and O–H groups in total. The zero-order valence-corrected chi connectivity index (χ0v) is 15.0. The van der Waals surface area contributed by atoms with E-state index in [1.807, 2.05) is 0 Å². The molecule has 2 aromatic carbocycles. The molecular formula is C15H11ClF3NO3S2. The van der Waals surface area contributed by atoms with Gasteiger partial charge in [0.05, 0.1) is 15.6 Å². The van der Waals surface area contributed by atoms with Crippen molar-refractivity contribution in [3.63, 3.8) is 0 Å². The minimum Gasteiger partial charge on any atom is -0.295 e. The first-order chi connectivity index (χ1) is 11.5. The van der Waals surface area contributed by atoms with Gasteiger partial charge < -0.3 is 0 Å². The first-order valence-electron chi connectivity index (χ1n) is 6.67. The summed E-state index contributed by atoms with van der Waals surface area (Å²) in [5.41, 5.74) is -4.12. The summed E-state index contributed by atoms with van der Waals surface area (Å²) in [4.78, 5) is 10.9. The number of rotatable bonds is 5. The van der Waals surface area contributed by atoms with Gasteiger partial charge in [-0.1, -0.05) is 23.7 Å². The molecule has 0 heterocycles. The van der Waals surface area contributed by atoms with Gasteiger partial charge in [-0.05, 0) is 49.0 Å². The van der Waals surface area contributed by atoms with Crippen LogP contribution in [0.2, 0.25) is 5.02 Å². The lowest BCUT2D eigenvalue weighted by Crippen LogP contribution is -2.13. The van der Waals surface area contributed by atoms with Gasteiger partial charge >= 0.3 is 5.51 Å². The third kappa shape index (κ3) is 5.38. The lowest BCUT2D eigenvalue weighted by Gasteiger charge is -2.11. The first kappa shape index (κ1) is 19.6. The smallest absolute Gasteiger partial charge is 0.295 e. The van der Waals surface area contributed by atoms with E-state index in [0.717, 1.165) is 12.1 Å². The first-order valence-corrected chi connectivity index (χ1v) is 9.35. The van der Waals surface area contributed by atoms with Crippen molar-refractivity contribution < 1.29 is 26.4 Å². The summed E-state index contributed by atoms with van der Waals surface area (Å²) in [7, 11) is -3.97. The molecule has 0 bridgehead atoms. The molecule has 2 rings (SSSR count). The molecule has 0 amide bonds. The van der Waals surface area contributed by atoms with Gasteiger partial charge in [-0.15, -0.1) is 0 Å². The third-order valence-electron chi connectivity index (χ3n) is 2.98. The Morgan fingerprint density at radius 3 is 2.20 bits per heavy atom. The monoisotopic (exact) mass is 409 g/mol. The van der Waals surface area contributed by atoms with Crippen molar-refractivity contribution in [3.05, 3.63) is 53.1 Å². The summed E-state index contributed by atoms with van der Waals surface area (Å²) in [6.07, 6.45) is 0. The molecule has 0 aliphatic rings. The Morgan fingerprint density at radius 2 is 1.72 bits per heavy atom. The molecule has 0 aliphatic carbocycles. The highest BCUT2D eigenvalue weighted by Gasteiger charge is 2.30. The van der Waals surface area contributed by atoms with Crippen LogP contribution in [-0.2, 0) is 10.0 Å². The Hall–Kier alpha value is -1.71. The Kier molecular flexibility index (Phi) is 5.70. The third-order valence-corrected chi connectivity index (χ3v) is 5.61. The molecule has 0 radical (unpaired) electrons. The van der Waals surface area contributed by atoms with Crippen LogP contribution in [0.4, 0.5) is 18.9 Å². The van der Waals surface area contributed by atoms with E-state index in [0.29, 0.717) is 5.56 Å². The summed E-state index contributed by atoms with van der Waals surface area (Å²) in [6, 6.07) is 8.61. The number of ketones is 1. The molecule has 2 aromatic rings. The largest absolute Gasteiger partial charge is 0.446 e. The highest BCUT2D eigenvalue weighted by molar-refractivity contribution is 8.00. The number of carbonyl (C=O) groups excluding carboxylic acids is 1. The molecule has 0 saturated carbocycles. The van der Waals surface area contributed by atoms with Crippen LogP contribution in [0.3, 0.4) is 0 Å². The summed E-state index contributed by atoms with van der Waals surface area (Å²) < 4.78 is 63.9. The van der Waals surface area contributed by atoms with Gasteiger partial charge in [0, 0.05) is 10.5 Å². The van der Waals surface area contributed by atoms with Gasteiger partial charge in [0.2, 0.25) is 0 Å². The maximum absolute atomic E-state index is 12.4. The van der Waals surface area contributed by atoms with Gasteiger partial charge in [0.15, 0.2) is 5.78 Å². The molecule has 25 heavy (non-hydrogen) atoms. The van der Waals surface area contributed by atoms with Gasteiger partial charge in [-0.25, -0.2) is 8.42 Å². The summed E-state index contributed by atoms with van der Waals surface area (Å²) in [6.45, 7) is 1.35. The van der Waals surface area contributed by atoms with Crippen molar-refractivity contribution in [2.75, 3.05) is 4.72 Å². The van der Waals surface area contributed by atoms with Crippen LogP contribution in [0, 0.1) is 0 Å². The fraction of sp³-hybridized carbons (Fsp3) is 0.133. The van der Waals surface area contributed by atoms with Gasteiger partial charge in [0.25, 0.3) is 10.0 Å². The SMILES string of the molecule is CC(=O)c1ccc(S(=O)(=O)Nc2ccc(SC(F)(F)F)c(Cl)c2)cc1. The molecule has 0 unspecified atom stereocenters. The van der Waals surface area contributed by atoms with E-state index in [9.17, 15) is 26.4 Å². The summed E-state index contributed by atoms with van der Waals surface area (Å²) in [5, 5.41) is -0.227. The number of halogens is 4. The molecule has 0 atom stereocenters. The van der Waals surface area contributed by atoms with Crippen molar-refractivity contribution >= 4 is 44.9 Å². The van der Waals surface area contributed by atoms with Crippen molar-refractivity contribution in [1.29, 1.82) is 0 Å². The van der Waals surface area contributed by atoms with Crippen molar-refractivity contribution in [2.24, 2.45) is 0 Å². The van der Waals surface area contributed by atoms with E-state index in [1.54, 1.807) is 0 Å². The number of Topliss-reactive ketones (excluding diaryl/α,β-unsaturated/α-hetero) is 1. The van der Waals surface area contributed by atoms with Crippen LogP contribution in [-0.4, -0.2) is 19.7 Å².